The Hall–Kier alpha value is -1.16. The fraction of sp³-hybridized carbons (Fsp3) is 0.625. The molecular formula is C16H24F2N2. The third-order valence-electron chi connectivity index (χ3n) is 4.06. The molecule has 0 spiro atoms. The van der Waals surface area contributed by atoms with Crippen LogP contribution >= 0.6 is 0 Å². The van der Waals surface area contributed by atoms with Gasteiger partial charge in [-0.2, -0.15) is 0 Å². The monoisotopic (exact) mass is 282 g/mol. The summed E-state index contributed by atoms with van der Waals surface area (Å²) in [5, 5.41) is 3.54. The minimum absolute atomic E-state index is 0.239. The maximum absolute atomic E-state index is 14.1. The fourth-order valence-corrected chi connectivity index (χ4v) is 2.96. The zero-order valence-corrected chi connectivity index (χ0v) is 12.5. The summed E-state index contributed by atoms with van der Waals surface area (Å²) in [5.41, 5.74) is 0.521. The average Bonchev–Trinajstić information content (AvgIpc) is 2.38. The summed E-state index contributed by atoms with van der Waals surface area (Å²) >= 11 is 0. The van der Waals surface area contributed by atoms with Gasteiger partial charge >= 0.3 is 0 Å². The van der Waals surface area contributed by atoms with E-state index in [0.717, 1.165) is 32.0 Å². The third kappa shape index (κ3) is 3.29. The van der Waals surface area contributed by atoms with Gasteiger partial charge in [0.15, 0.2) is 0 Å². The number of rotatable bonds is 4. The molecule has 0 aliphatic carbocycles. The molecule has 1 N–H and O–H groups in total. The number of benzene rings is 1. The second kappa shape index (κ2) is 6.53. The molecule has 1 heterocycles. The number of hydrogen-bond donors (Lipinski definition) is 1. The molecule has 1 aliphatic rings. The lowest BCUT2D eigenvalue weighted by atomic mass is 9.96. The van der Waals surface area contributed by atoms with E-state index in [1.165, 1.54) is 6.07 Å². The summed E-state index contributed by atoms with van der Waals surface area (Å²) in [5.74, 6) is -0.574. The Morgan fingerprint density at radius 1 is 1.35 bits per heavy atom. The lowest BCUT2D eigenvalue weighted by Gasteiger charge is -2.44. The van der Waals surface area contributed by atoms with Crippen LogP contribution in [0.4, 0.5) is 14.5 Å². The van der Waals surface area contributed by atoms with Gasteiger partial charge in [0.1, 0.15) is 11.6 Å². The van der Waals surface area contributed by atoms with Crippen LogP contribution in [0, 0.1) is 17.6 Å². The van der Waals surface area contributed by atoms with Crippen molar-refractivity contribution in [1.29, 1.82) is 0 Å². The van der Waals surface area contributed by atoms with Crippen molar-refractivity contribution in [1.82, 2.24) is 5.32 Å². The SMILES string of the molecule is CCCC1CN(c2ccc(F)cc2F)C(C(C)C)CN1. The molecule has 1 aliphatic heterocycles. The van der Waals surface area contributed by atoms with Crippen LogP contribution in [0.5, 0.6) is 0 Å². The topological polar surface area (TPSA) is 15.3 Å². The Morgan fingerprint density at radius 2 is 2.10 bits per heavy atom. The highest BCUT2D eigenvalue weighted by Gasteiger charge is 2.31. The van der Waals surface area contributed by atoms with E-state index < -0.39 is 11.6 Å². The number of nitrogens with one attached hydrogen (secondary N) is 1. The zero-order valence-electron chi connectivity index (χ0n) is 12.5. The van der Waals surface area contributed by atoms with E-state index in [9.17, 15) is 8.78 Å². The first-order valence-electron chi connectivity index (χ1n) is 7.48. The van der Waals surface area contributed by atoms with Gasteiger partial charge in [-0.3, -0.25) is 0 Å². The minimum Gasteiger partial charge on any atom is -0.363 e. The summed E-state index contributed by atoms with van der Waals surface area (Å²) in [7, 11) is 0. The largest absolute Gasteiger partial charge is 0.363 e. The van der Waals surface area contributed by atoms with Gasteiger partial charge in [-0.05, 0) is 24.5 Å². The van der Waals surface area contributed by atoms with Crippen LogP contribution in [0.3, 0.4) is 0 Å². The standard InChI is InChI=1S/C16H24F2N2/c1-4-5-13-10-20(16(9-19-13)11(2)3)15-7-6-12(17)8-14(15)18/h6-8,11,13,16,19H,4-5,9-10H2,1-3H3. The van der Waals surface area contributed by atoms with Gasteiger partial charge in [0.05, 0.1) is 5.69 Å². The Balaban J connectivity index is 2.26. The van der Waals surface area contributed by atoms with Crippen molar-refractivity contribution in [2.75, 3.05) is 18.0 Å². The molecule has 20 heavy (non-hydrogen) atoms. The molecule has 0 aromatic heterocycles. The fourth-order valence-electron chi connectivity index (χ4n) is 2.96. The molecule has 0 radical (unpaired) electrons. The van der Waals surface area contributed by atoms with Crippen molar-refractivity contribution in [2.45, 2.75) is 45.7 Å². The lowest BCUT2D eigenvalue weighted by molar-refractivity contribution is 0.325. The molecule has 0 amide bonds. The maximum atomic E-state index is 14.1. The molecule has 1 fully saturated rings. The summed E-state index contributed by atoms with van der Waals surface area (Å²) < 4.78 is 27.2. The average molecular weight is 282 g/mol. The van der Waals surface area contributed by atoms with Crippen molar-refractivity contribution < 1.29 is 8.78 Å². The molecule has 0 bridgehead atoms. The zero-order chi connectivity index (χ0) is 14.7. The molecule has 2 unspecified atom stereocenters. The highest BCUT2D eigenvalue weighted by atomic mass is 19.1. The first-order valence-corrected chi connectivity index (χ1v) is 7.48. The molecule has 2 atom stereocenters. The molecule has 4 heteroatoms. The minimum atomic E-state index is -0.521. The van der Waals surface area contributed by atoms with E-state index in [4.69, 9.17) is 0 Å². The molecule has 2 rings (SSSR count). The van der Waals surface area contributed by atoms with Crippen LogP contribution < -0.4 is 10.2 Å². The van der Waals surface area contributed by atoms with Crippen LogP contribution in [-0.2, 0) is 0 Å². The van der Waals surface area contributed by atoms with Crippen LogP contribution in [0.15, 0.2) is 18.2 Å². The van der Waals surface area contributed by atoms with Crippen LogP contribution in [-0.4, -0.2) is 25.2 Å². The van der Waals surface area contributed by atoms with Gasteiger partial charge in [0.2, 0.25) is 0 Å². The Bertz CT molecular complexity index is 448. The molecule has 0 saturated carbocycles. The van der Waals surface area contributed by atoms with Gasteiger partial charge in [0, 0.05) is 31.2 Å². The highest BCUT2D eigenvalue weighted by Crippen LogP contribution is 2.27. The number of nitrogens with zero attached hydrogens (tertiary/aromatic N) is 1. The molecule has 1 saturated heterocycles. The molecular weight excluding hydrogens is 258 g/mol. The van der Waals surface area contributed by atoms with Gasteiger partial charge in [-0.15, -0.1) is 0 Å². The smallest absolute Gasteiger partial charge is 0.149 e. The highest BCUT2D eigenvalue weighted by molar-refractivity contribution is 5.50. The van der Waals surface area contributed by atoms with Crippen LogP contribution in [0.2, 0.25) is 0 Å². The first-order chi connectivity index (χ1) is 9.52. The number of hydrogen-bond acceptors (Lipinski definition) is 2. The van der Waals surface area contributed by atoms with Crippen LogP contribution in [0.1, 0.15) is 33.6 Å². The molecule has 1 aromatic carbocycles. The normalized spacial score (nSPS) is 23.4. The van der Waals surface area contributed by atoms with Crippen molar-refractivity contribution in [2.24, 2.45) is 5.92 Å². The second-order valence-electron chi connectivity index (χ2n) is 5.95. The predicted octanol–water partition coefficient (Wildman–Crippen LogP) is 3.57. The van der Waals surface area contributed by atoms with E-state index in [2.05, 4.69) is 31.0 Å². The number of anilines is 1. The number of piperazine rings is 1. The van der Waals surface area contributed by atoms with Crippen molar-refractivity contribution in [3.05, 3.63) is 29.8 Å². The predicted molar refractivity (Wildman–Crippen MR) is 79.0 cm³/mol. The van der Waals surface area contributed by atoms with Gasteiger partial charge < -0.3 is 10.2 Å². The summed E-state index contributed by atoms with van der Waals surface area (Å²) in [6, 6.07) is 4.49. The maximum Gasteiger partial charge on any atom is 0.149 e. The summed E-state index contributed by atoms with van der Waals surface area (Å²) in [6.07, 6.45) is 2.17. The Kier molecular flexibility index (Phi) is 4.97. The van der Waals surface area contributed by atoms with Crippen LogP contribution in [0.25, 0.3) is 0 Å². The quantitative estimate of drug-likeness (QED) is 0.908. The third-order valence-corrected chi connectivity index (χ3v) is 4.06. The van der Waals surface area contributed by atoms with E-state index in [1.54, 1.807) is 6.07 Å². The van der Waals surface area contributed by atoms with Gasteiger partial charge in [-0.1, -0.05) is 27.2 Å². The molecule has 112 valence electrons. The van der Waals surface area contributed by atoms with Crippen molar-refractivity contribution in [3.63, 3.8) is 0 Å². The second-order valence-corrected chi connectivity index (χ2v) is 5.95. The first kappa shape index (κ1) is 15.2. The van der Waals surface area contributed by atoms with Crippen molar-refractivity contribution in [3.8, 4) is 0 Å². The molecule has 1 aromatic rings. The van der Waals surface area contributed by atoms with E-state index in [1.807, 2.05) is 0 Å². The summed E-state index contributed by atoms with van der Waals surface area (Å²) in [4.78, 5) is 2.11. The van der Waals surface area contributed by atoms with Gasteiger partial charge in [0.25, 0.3) is 0 Å². The number of halogens is 2. The Labute approximate surface area is 120 Å². The van der Waals surface area contributed by atoms with E-state index in [-0.39, 0.29) is 6.04 Å². The lowest BCUT2D eigenvalue weighted by Crippen LogP contribution is -2.58. The van der Waals surface area contributed by atoms with E-state index >= 15 is 0 Å². The molecule has 2 nitrogen and oxygen atoms in total. The van der Waals surface area contributed by atoms with Crippen molar-refractivity contribution >= 4 is 5.69 Å². The van der Waals surface area contributed by atoms with Gasteiger partial charge in [-0.25, -0.2) is 8.78 Å². The summed E-state index contributed by atoms with van der Waals surface area (Å²) in [6.45, 7) is 8.05. The Morgan fingerprint density at radius 3 is 2.70 bits per heavy atom. The van der Waals surface area contributed by atoms with E-state index in [0.29, 0.717) is 17.6 Å².